The number of hydrogen-bond donors (Lipinski definition) is 0. The van der Waals surface area contributed by atoms with E-state index in [4.69, 9.17) is 16.6 Å². The third-order valence-corrected chi connectivity index (χ3v) is 5.45. The summed E-state index contributed by atoms with van der Waals surface area (Å²) in [4.78, 5) is 6.74. The summed E-state index contributed by atoms with van der Waals surface area (Å²) < 4.78 is 1.02. The average molecular weight is 370 g/mol. The molecule has 1 aromatic heterocycles. The zero-order valence-corrected chi connectivity index (χ0v) is 16.4. The van der Waals surface area contributed by atoms with Crippen LogP contribution >= 0.6 is 22.9 Å². The number of nitrogens with zero attached hydrogens (tertiary/aromatic N) is 3. The minimum atomic E-state index is -0.123. The predicted molar refractivity (Wildman–Crippen MR) is 107 cm³/mol. The van der Waals surface area contributed by atoms with Gasteiger partial charge in [-0.2, -0.15) is 5.26 Å². The van der Waals surface area contributed by atoms with Gasteiger partial charge in [-0.25, -0.2) is 4.98 Å². The minimum Gasteiger partial charge on any atom is -0.290 e. The number of aromatic nitrogens is 1. The summed E-state index contributed by atoms with van der Waals surface area (Å²) in [5.74, 6) is 0. The Kier molecular flexibility index (Phi) is 4.49. The molecule has 2 aromatic rings. The maximum atomic E-state index is 9.81. The van der Waals surface area contributed by atoms with E-state index in [0.29, 0.717) is 5.02 Å². The van der Waals surface area contributed by atoms with Crippen LogP contribution in [0.25, 0.3) is 10.2 Å². The second-order valence-electron chi connectivity index (χ2n) is 7.03. The van der Waals surface area contributed by atoms with Crippen LogP contribution < -0.4 is 4.90 Å². The molecule has 0 saturated heterocycles. The van der Waals surface area contributed by atoms with Gasteiger partial charge in [-0.3, -0.25) is 4.90 Å². The van der Waals surface area contributed by atoms with Crippen LogP contribution in [0.2, 0.25) is 5.02 Å². The molecule has 0 saturated carbocycles. The summed E-state index contributed by atoms with van der Waals surface area (Å²) >= 11 is 7.66. The molecule has 25 heavy (non-hydrogen) atoms. The topological polar surface area (TPSA) is 39.9 Å². The summed E-state index contributed by atoms with van der Waals surface area (Å²) in [6.07, 6.45) is 2.74. The lowest BCUT2D eigenvalue weighted by molar-refractivity contribution is 0.509. The quantitative estimate of drug-likeness (QED) is 0.611. The molecule has 0 fully saturated rings. The molecule has 1 aliphatic rings. The summed E-state index contributed by atoms with van der Waals surface area (Å²) in [6, 6.07) is 8.09. The van der Waals surface area contributed by atoms with Gasteiger partial charge in [0.05, 0.1) is 15.8 Å². The first kappa shape index (κ1) is 17.7. The third kappa shape index (κ3) is 3.10. The number of fused-ring (bicyclic) bond motifs is 1. The van der Waals surface area contributed by atoms with Crippen molar-refractivity contribution < 1.29 is 0 Å². The lowest BCUT2D eigenvalue weighted by Gasteiger charge is -2.34. The lowest BCUT2D eigenvalue weighted by atomic mass is 9.79. The van der Waals surface area contributed by atoms with Crippen molar-refractivity contribution in [3.63, 3.8) is 0 Å². The van der Waals surface area contributed by atoms with Crippen molar-refractivity contribution in [2.45, 2.75) is 34.1 Å². The Labute approximate surface area is 157 Å². The monoisotopic (exact) mass is 369 g/mol. The third-order valence-electron chi connectivity index (χ3n) is 4.21. The number of hydrogen-bond acceptors (Lipinski definition) is 4. The first-order chi connectivity index (χ1) is 11.8. The fourth-order valence-electron chi connectivity index (χ4n) is 3.02. The molecule has 0 aliphatic carbocycles. The average Bonchev–Trinajstić information content (AvgIpc) is 2.95. The Balaban J connectivity index is 2.18. The van der Waals surface area contributed by atoms with E-state index in [0.717, 1.165) is 44.3 Å². The van der Waals surface area contributed by atoms with Gasteiger partial charge >= 0.3 is 0 Å². The van der Waals surface area contributed by atoms with Crippen molar-refractivity contribution in [3.05, 3.63) is 58.4 Å². The lowest BCUT2D eigenvalue weighted by Crippen LogP contribution is -2.28. The normalized spacial score (nSPS) is 15.6. The smallest absolute Gasteiger partial charge is 0.195 e. The van der Waals surface area contributed by atoms with Gasteiger partial charge in [-0.05, 0) is 41.7 Å². The van der Waals surface area contributed by atoms with Crippen LogP contribution in [-0.2, 0) is 0 Å². The maximum absolute atomic E-state index is 9.81. The van der Waals surface area contributed by atoms with Gasteiger partial charge < -0.3 is 0 Å². The van der Waals surface area contributed by atoms with Crippen molar-refractivity contribution in [2.24, 2.45) is 5.41 Å². The van der Waals surface area contributed by atoms with Crippen molar-refractivity contribution in [2.75, 3.05) is 4.90 Å². The van der Waals surface area contributed by atoms with Crippen LogP contribution in [0.1, 0.15) is 34.1 Å². The first-order valence-corrected chi connectivity index (χ1v) is 9.36. The molecular weight excluding hydrogens is 350 g/mol. The molecule has 3 nitrogen and oxygen atoms in total. The van der Waals surface area contributed by atoms with Gasteiger partial charge in [-0.15, -0.1) is 0 Å². The Hall–Kier alpha value is -2.09. The fourth-order valence-corrected chi connectivity index (χ4v) is 4.32. The number of allylic oxidation sites excluding steroid dienone is 4. The van der Waals surface area contributed by atoms with Gasteiger partial charge in [-0.1, -0.05) is 57.2 Å². The highest BCUT2D eigenvalue weighted by Crippen LogP contribution is 2.43. The highest BCUT2D eigenvalue weighted by atomic mass is 35.5. The number of thiazole rings is 1. The molecule has 2 heterocycles. The van der Waals surface area contributed by atoms with E-state index >= 15 is 0 Å². The molecule has 1 aliphatic heterocycles. The maximum Gasteiger partial charge on any atom is 0.195 e. The summed E-state index contributed by atoms with van der Waals surface area (Å²) in [7, 11) is 0. The SMILES string of the molecule is C=C1C=C(C(C)(C)C)C(C#N)=C(CC)N1c1nc2ccc(Cl)cc2s1. The molecule has 3 rings (SSSR count). The van der Waals surface area contributed by atoms with Gasteiger partial charge in [0.15, 0.2) is 5.13 Å². The molecule has 0 atom stereocenters. The second kappa shape index (κ2) is 6.33. The highest BCUT2D eigenvalue weighted by molar-refractivity contribution is 7.22. The van der Waals surface area contributed by atoms with Crippen LogP contribution in [-0.4, -0.2) is 4.98 Å². The number of rotatable bonds is 2. The predicted octanol–water partition coefficient (Wildman–Crippen LogP) is 6.44. The minimum absolute atomic E-state index is 0.123. The molecule has 1 aromatic carbocycles. The first-order valence-electron chi connectivity index (χ1n) is 8.17. The van der Waals surface area contributed by atoms with Crippen LogP contribution in [0.5, 0.6) is 0 Å². The molecule has 0 N–H and O–H groups in total. The number of anilines is 1. The number of halogens is 1. The molecular formula is C20H20ClN3S. The molecule has 0 bridgehead atoms. The van der Waals surface area contributed by atoms with Crippen LogP contribution in [0.15, 0.2) is 53.4 Å². The fraction of sp³-hybridized carbons (Fsp3) is 0.300. The van der Waals surface area contributed by atoms with Gasteiger partial charge in [0, 0.05) is 16.4 Å². The van der Waals surface area contributed by atoms with E-state index in [1.807, 2.05) is 29.2 Å². The zero-order chi connectivity index (χ0) is 18.4. The number of nitriles is 1. The highest BCUT2D eigenvalue weighted by Gasteiger charge is 2.31. The summed E-state index contributed by atoms with van der Waals surface area (Å²) in [6.45, 7) is 12.6. The second-order valence-corrected chi connectivity index (χ2v) is 8.48. The van der Waals surface area contributed by atoms with Crippen molar-refractivity contribution in [3.8, 4) is 6.07 Å². The summed E-state index contributed by atoms with van der Waals surface area (Å²) in [5, 5.41) is 11.3. The van der Waals surface area contributed by atoms with Crippen molar-refractivity contribution >= 4 is 38.3 Å². The Morgan fingerprint density at radius 1 is 1.36 bits per heavy atom. The van der Waals surface area contributed by atoms with E-state index < -0.39 is 0 Å². The molecule has 5 heteroatoms. The van der Waals surface area contributed by atoms with E-state index in [9.17, 15) is 5.26 Å². The number of benzene rings is 1. The Morgan fingerprint density at radius 3 is 2.68 bits per heavy atom. The Bertz CT molecular complexity index is 967. The molecule has 0 unspecified atom stereocenters. The van der Waals surface area contributed by atoms with E-state index in [1.165, 1.54) is 0 Å². The standard InChI is InChI=1S/C20H20ClN3S/c1-6-17-14(11-22)15(20(3,4)5)9-12(2)24(17)19-23-16-8-7-13(21)10-18(16)25-19/h7-10H,2,6H2,1,3-5H3. The van der Waals surface area contributed by atoms with Crippen LogP contribution in [0, 0.1) is 16.7 Å². The summed E-state index contributed by atoms with van der Waals surface area (Å²) in [5.41, 5.74) is 4.31. The molecule has 0 radical (unpaired) electrons. The van der Waals surface area contributed by atoms with E-state index in [-0.39, 0.29) is 5.41 Å². The van der Waals surface area contributed by atoms with Gasteiger partial charge in [0.1, 0.15) is 6.07 Å². The zero-order valence-electron chi connectivity index (χ0n) is 14.9. The molecule has 0 spiro atoms. The van der Waals surface area contributed by atoms with E-state index in [2.05, 4.69) is 40.3 Å². The Morgan fingerprint density at radius 2 is 2.08 bits per heavy atom. The van der Waals surface area contributed by atoms with E-state index in [1.54, 1.807) is 11.3 Å². The van der Waals surface area contributed by atoms with Gasteiger partial charge in [0.25, 0.3) is 0 Å². The molecule has 128 valence electrons. The largest absolute Gasteiger partial charge is 0.290 e. The van der Waals surface area contributed by atoms with Crippen molar-refractivity contribution in [1.82, 2.24) is 4.98 Å². The van der Waals surface area contributed by atoms with Crippen LogP contribution in [0.4, 0.5) is 5.13 Å². The van der Waals surface area contributed by atoms with Gasteiger partial charge in [0.2, 0.25) is 0 Å². The van der Waals surface area contributed by atoms with Crippen molar-refractivity contribution in [1.29, 1.82) is 5.26 Å². The van der Waals surface area contributed by atoms with Crippen LogP contribution in [0.3, 0.4) is 0 Å². The molecule has 0 amide bonds.